The number of pyridine rings is 2. The fourth-order valence-electron chi connectivity index (χ4n) is 13.3. The number of benzene rings is 3. The van der Waals surface area contributed by atoms with E-state index in [1.165, 1.54) is 38.5 Å². The highest BCUT2D eigenvalue weighted by atomic mass is 16.6. The zero-order chi connectivity index (χ0) is 56.0. The minimum absolute atomic E-state index is 0.0960. The van der Waals surface area contributed by atoms with Gasteiger partial charge in [-0.3, -0.25) is 39.2 Å². The van der Waals surface area contributed by atoms with Crippen molar-refractivity contribution < 1.29 is 38.5 Å². The zero-order valence-electron chi connectivity index (χ0n) is 47.4. The van der Waals surface area contributed by atoms with E-state index in [4.69, 9.17) is 19.2 Å². The summed E-state index contributed by atoms with van der Waals surface area (Å²) in [7, 11) is 0. The van der Waals surface area contributed by atoms with E-state index in [0.717, 1.165) is 126 Å². The van der Waals surface area contributed by atoms with Crippen molar-refractivity contribution in [3.8, 4) is 0 Å². The Hall–Kier alpha value is -6.92. The van der Waals surface area contributed by atoms with Crippen LogP contribution >= 0.6 is 0 Å². The van der Waals surface area contributed by atoms with E-state index < -0.39 is 11.7 Å². The van der Waals surface area contributed by atoms with E-state index in [2.05, 4.69) is 67.5 Å². The quantitative estimate of drug-likeness (QED) is 0.0845. The van der Waals surface area contributed by atoms with Crippen molar-refractivity contribution in [1.29, 1.82) is 0 Å². The Morgan fingerprint density at radius 1 is 0.679 bits per heavy atom. The average Bonchev–Trinajstić information content (AvgIpc) is 3.75. The fraction of sp³-hybridized carbons (Fsp3) is 0.500. The Labute approximate surface area is 476 Å². The minimum Gasteiger partial charge on any atom is -0.465 e. The van der Waals surface area contributed by atoms with Crippen molar-refractivity contribution in [3.63, 3.8) is 0 Å². The van der Waals surface area contributed by atoms with Gasteiger partial charge in [-0.1, -0.05) is 48.5 Å². The molecular weight excluding hydrogens is 1020 g/mol. The van der Waals surface area contributed by atoms with E-state index in [1.54, 1.807) is 29.2 Å². The van der Waals surface area contributed by atoms with Gasteiger partial charge in [0.25, 0.3) is 11.8 Å². The van der Waals surface area contributed by atoms with E-state index in [9.17, 15) is 24.3 Å². The number of unbranched alkanes of at least 4 members (excludes halogenated alkanes) is 1. The third kappa shape index (κ3) is 12.6. The Morgan fingerprint density at radius 3 is 1.84 bits per heavy atom. The third-order valence-corrected chi connectivity index (χ3v) is 17.3. The molecule has 2 aromatic heterocycles. The second kappa shape index (κ2) is 25.1. The average molecular weight is 1100 g/mol. The largest absolute Gasteiger partial charge is 0.465 e. The van der Waals surface area contributed by atoms with Gasteiger partial charge in [-0.15, -0.1) is 0 Å². The number of hydrogen-bond acceptors (Lipinski definition) is 13. The molecule has 7 heterocycles. The monoisotopic (exact) mass is 1100 g/mol. The van der Waals surface area contributed by atoms with Crippen molar-refractivity contribution in [3.05, 3.63) is 153 Å². The Bertz CT molecular complexity index is 3030. The molecule has 12 rings (SSSR count). The number of hydrogen-bond donors (Lipinski definition) is 2. The lowest BCUT2D eigenvalue weighted by Crippen LogP contribution is -2.52. The number of nitrogens with one attached hydrogen (secondary N) is 1. The minimum atomic E-state index is -0.851. The molecule has 3 aromatic carbocycles. The summed E-state index contributed by atoms with van der Waals surface area (Å²) in [6.07, 6.45) is 11.8. The van der Waals surface area contributed by atoms with Crippen LogP contribution in [-0.2, 0) is 53.0 Å². The lowest BCUT2D eigenvalue weighted by Gasteiger charge is -2.44. The Balaban J connectivity index is 0.000000190. The van der Waals surface area contributed by atoms with Gasteiger partial charge in [0.05, 0.1) is 67.1 Å². The molecule has 17 heteroatoms. The van der Waals surface area contributed by atoms with Gasteiger partial charge in [0.1, 0.15) is 5.60 Å². The molecule has 4 amide bonds. The summed E-state index contributed by atoms with van der Waals surface area (Å²) in [5.74, 6) is -0.421. The number of aryl methyl sites for hydroxylation is 2. The number of amides is 4. The van der Waals surface area contributed by atoms with Crippen molar-refractivity contribution >= 4 is 35.4 Å². The molecule has 17 nitrogen and oxygen atoms in total. The summed E-state index contributed by atoms with van der Waals surface area (Å²) in [5.41, 5.74) is 12.5. The number of morpholine rings is 2. The standard InChI is InChI=1S/C40H49N5O5.C24H30N4O3/c1-40(2,3)50-39(48)45-26-29-12-9-16-34(42-21-23-49-24-22-42)33(29)25-30(45)27-43(35-17-8-11-28-13-10-18-41-36(28)35)19-6-7-20-44-37(46)31-14-4-5-15-32(31)38(44)47;29-24(30)28-16-18-5-2-8-22(27-10-12-31-13-11-27)20(18)14-19(28)15-26-21-7-1-4-17-6-3-9-25-23(17)21/h4-5,9-10,12-16,18,30,35H,6-8,11,17,19-27H2,1-3H3;2-3,5-6,8-9,19,21,26H,1,4,7,10-16H2,(H,29,30)/t30-,35+;19-,21+/m11/s1. The van der Waals surface area contributed by atoms with Crippen LogP contribution < -0.4 is 15.1 Å². The van der Waals surface area contributed by atoms with Crippen molar-refractivity contribution in [2.24, 2.45) is 0 Å². The van der Waals surface area contributed by atoms with Crippen molar-refractivity contribution in [2.45, 2.75) is 128 Å². The number of imide groups is 1. The van der Waals surface area contributed by atoms with Gasteiger partial charge in [-0.05, 0) is 161 Å². The maximum atomic E-state index is 13.9. The van der Waals surface area contributed by atoms with Gasteiger partial charge in [0.2, 0.25) is 0 Å². The molecule has 81 heavy (non-hydrogen) atoms. The first-order valence-electron chi connectivity index (χ1n) is 29.5. The zero-order valence-corrected chi connectivity index (χ0v) is 47.4. The van der Waals surface area contributed by atoms with Gasteiger partial charge in [-0.25, -0.2) is 9.59 Å². The smallest absolute Gasteiger partial charge is 0.410 e. The predicted molar refractivity (Wildman–Crippen MR) is 310 cm³/mol. The molecule has 4 atom stereocenters. The number of anilines is 2. The van der Waals surface area contributed by atoms with Gasteiger partial charge >= 0.3 is 12.2 Å². The molecule has 2 aliphatic carbocycles. The molecule has 0 radical (unpaired) electrons. The maximum absolute atomic E-state index is 13.9. The molecule has 0 saturated carbocycles. The number of fused-ring (bicyclic) bond motifs is 5. The Kier molecular flexibility index (Phi) is 17.3. The number of carbonyl (C=O) groups is 4. The van der Waals surface area contributed by atoms with Crippen LogP contribution in [0.3, 0.4) is 0 Å². The van der Waals surface area contributed by atoms with Gasteiger partial charge in [0.15, 0.2) is 0 Å². The first-order chi connectivity index (χ1) is 39.4. The number of carboxylic acid groups (broad SMARTS) is 1. The van der Waals surface area contributed by atoms with Crippen LogP contribution in [0, 0.1) is 0 Å². The van der Waals surface area contributed by atoms with Gasteiger partial charge < -0.3 is 34.4 Å². The van der Waals surface area contributed by atoms with Crippen LogP contribution in [0.15, 0.2) is 97.3 Å². The topological polar surface area (TPSA) is 173 Å². The summed E-state index contributed by atoms with van der Waals surface area (Å²) >= 11 is 0. The molecule has 0 bridgehead atoms. The summed E-state index contributed by atoms with van der Waals surface area (Å²) in [6, 6.07) is 28.3. The van der Waals surface area contributed by atoms with Gasteiger partial charge in [-0.2, -0.15) is 0 Å². The second-order valence-corrected chi connectivity index (χ2v) is 23.6. The SMILES string of the molecule is CC(C)(C)OC(=O)N1Cc2cccc(N3CCOCC3)c2C[C@@H]1CN(CCCCN1C(=O)c2ccccc2C1=O)[C@H]1CCCc2cccnc21.O=C(O)N1Cc2cccc(N3CCOCC3)c2C[C@@H]1CN[C@H]1CCCc2cccnc21. The number of rotatable bonds is 13. The van der Waals surface area contributed by atoms with Crippen LogP contribution in [0.1, 0.15) is 137 Å². The fourth-order valence-corrected chi connectivity index (χ4v) is 13.3. The highest BCUT2D eigenvalue weighted by molar-refractivity contribution is 6.21. The Morgan fingerprint density at radius 2 is 1.23 bits per heavy atom. The predicted octanol–water partition coefficient (Wildman–Crippen LogP) is 9.03. The lowest BCUT2D eigenvalue weighted by molar-refractivity contribution is 0.00453. The third-order valence-electron chi connectivity index (χ3n) is 17.3. The number of aromatic nitrogens is 2. The molecule has 7 aliphatic rings. The first-order valence-corrected chi connectivity index (χ1v) is 29.5. The lowest BCUT2D eigenvalue weighted by atomic mass is 9.88. The van der Waals surface area contributed by atoms with Crippen LogP contribution in [0.25, 0.3) is 0 Å². The number of carbonyl (C=O) groups excluding carboxylic acids is 3. The molecule has 5 aliphatic heterocycles. The molecule has 2 saturated heterocycles. The van der Waals surface area contributed by atoms with Crippen LogP contribution in [0.5, 0.6) is 0 Å². The van der Waals surface area contributed by atoms with Crippen molar-refractivity contribution in [1.82, 2.24) is 34.9 Å². The maximum Gasteiger partial charge on any atom is 0.410 e. The number of ether oxygens (including phenoxy) is 3. The van der Waals surface area contributed by atoms with E-state index in [-0.39, 0.29) is 42.1 Å². The molecule has 428 valence electrons. The molecule has 0 spiro atoms. The van der Waals surface area contributed by atoms with Crippen LogP contribution in [0.4, 0.5) is 21.0 Å². The summed E-state index contributed by atoms with van der Waals surface area (Å²) in [5, 5.41) is 13.6. The summed E-state index contributed by atoms with van der Waals surface area (Å²) < 4.78 is 17.2. The summed E-state index contributed by atoms with van der Waals surface area (Å²) in [6.45, 7) is 15.4. The molecule has 2 fully saturated rings. The van der Waals surface area contributed by atoms with E-state index >= 15 is 0 Å². The molecular formula is C64H79N9O8. The normalized spacial score (nSPS) is 21.6. The highest BCUT2D eigenvalue weighted by Crippen LogP contribution is 2.38. The highest BCUT2D eigenvalue weighted by Gasteiger charge is 2.40. The van der Waals surface area contributed by atoms with Crippen molar-refractivity contribution in [2.75, 3.05) is 88.6 Å². The first kappa shape index (κ1) is 56.0. The molecule has 2 N–H and O–H groups in total. The second-order valence-electron chi connectivity index (χ2n) is 23.6. The van der Waals surface area contributed by atoms with Crippen LogP contribution in [-0.4, -0.2) is 155 Å². The summed E-state index contributed by atoms with van der Waals surface area (Å²) in [4.78, 5) is 73.8. The van der Waals surface area contributed by atoms with E-state index in [1.807, 2.05) is 56.3 Å². The molecule has 5 aromatic rings. The number of nitrogens with zero attached hydrogens (tertiary/aromatic N) is 8. The molecule has 0 unspecified atom stereocenters. The van der Waals surface area contributed by atoms with Crippen LogP contribution in [0.2, 0.25) is 0 Å². The van der Waals surface area contributed by atoms with E-state index in [0.29, 0.717) is 63.5 Å². The van der Waals surface area contributed by atoms with Gasteiger partial charge in [0, 0.05) is 88.7 Å².